The lowest BCUT2D eigenvalue weighted by molar-refractivity contribution is -0.0168. The van der Waals surface area contributed by atoms with Crippen LogP contribution in [0.1, 0.15) is 32.0 Å². The van der Waals surface area contributed by atoms with Crippen molar-refractivity contribution < 1.29 is 9.47 Å². The Kier molecular flexibility index (Phi) is 5.56. The lowest BCUT2D eigenvalue weighted by atomic mass is 10.2. The summed E-state index contributed by atoms with van der Waals surface area (Å²) in [6.45, 7) is 10.0. The first-order chi connectivity index (χ1) is 8.42. The SMILES string of the molecule is CNCc1ccc(OCCOC(C)(C)C)nc1C. The average Bonchev–Trinajstić information content (AvgIpc) is 2.27. The number of nitrogens with one attached hydrogen (secondary N) is 1. The predicted octanol–water partition coefficient (Wildman–Crippen LogP) is 2.30. The fourth-order valence-electron chi connectivity index (χ4n) is 1.52. The molecule has 0 aliphatic rings. The first-order valence-corrected chi connectivity index (χ1v) is 6.30. The molecule has 1 heterocycles. The average molecular weight is 252 g/mol. The Bertz CT molecular complexity index is 373. The largest absolute Gasteiger partial charge is 0.475 e. The van der Waals surface area contributed by atoms with Crippen LogP contribution in [0.4, 0.5) is 0 Å². The van der Waals surface area contributed by atoms with E-state index < -0.39 is 0 Å². The highest BCUT2D eigenvalue weighted by Gasteiger charge is 2.09. The molecule has 18 heavy (non-hydrogen) atoms. The van der Waals surface area contributed by atoms with Crippen LogP contribution in [0.2, 0.25) is 0 Å². The first kappa shape index (κ1) is 14.9. The zero-order valence-corrected chi connectivity index (χ0v) is 12.0. The van der Waals surface area contributed by atoms with Crippen LogP contribution in [0.25, 0.3) is 0 Å². The minimum absolute atomic E-state index is 0.122. The molecule has 4 heteroatoms. The van der Waals surface area contributed by atoms with Gasteiger partial charge >= 0.3 is 0 Å². The van der Waals surface area contributed by atoms with E-state index in [-0.39, 0.29) is 5.60 Å². The van der Waals surface area contributed by atoms with Gasteiger partial charge in [0.25, 0.3) is 0 Å². The van der Waals surface area contributed by atoms with Crippen molar-refractivity contribution >= 4 is 0 Å². The molecule has 4 nitrogen and oxygen atoms in total. The molecule has 0 fully saturated rings. The minimum atomic E-state index is -0.122. The summed E-state index contributed by atoms with van der Waals surface area (Å²) in [5.74, 6) is 0.657. The minimum Gasteiger partial charge on any atom is -0.475 e. The van der Waals surface area contributed by atoms with Gasteiger partial charge in [0.05, 0.1) is 12.2 Å². The third kappa shape index (κ3) is 5.47. The summed E-state index contributed by atoms with van der Waals surface area (Å²) in [5, 5.41) is 3.11. The van der Waals surface area contributed by atoms with Crippen molar-refractivity contribution in [1.82, 2.24) is 10.3 Å². The van der Waals surface area contributed by atoms with Crippen LogP contribution in [0.3, 0.4) is 0 Å². The first-order valence-electron chi connectivity index (χ1n) is 6.30. The van der Waals surface area contributed by atoms with Gasteiger partial charge < -0.3 is 14.8 Å². The number of aromatic nitrogens is 1. The quantitative estimate of drug-likeness (QED) is 0.789. The van der Waals surface area contributed by atoms with E-state index in [1.54, 1.807) is 0 Å². The van der Waals surface area contributed by atoms with E-state index in [1.165, 1.54) is 5.56 Å². The van der Waals surface area contributed by atoms with Gasteiger partial charge in [0, 0.05) is 18.3 Å². The topological polar surface area (TPSA) is 43.4 Å². The Balaban J connectivity index is 2.41. The molecule has 1 rings (SSSR count). The smallest absolute Gasteiger partial charge is 0.213 e. The normalized spacial score (nSPS) is 11.6. The Hall–Kier alpha value is -1.13. The van der Waals surface area contributed by atoms with Gasteiger partial charge in [0.1, 0.15) is 6.61 Å². The Labute approximate surface area is 110 Å². The molecule has 0 saturated carbocycles. The summed E-state index contributed by atoms with van der Waals surface area (Å²) in [5.41, 5.74) is 2.07. The molecule has 0 bridgehead atoms. The highest BCUT2D eigenvalue weighted by Crippen LogP contribution is 2.12. The number of pyridine rings is 1. The number of aryl methyl sites for hydroxylation is 1. The van der Waals surface area contributed by atoms with Gasteiger partial charge in [0.2, 0.25) is 5.88 Å². The second-order valence-corrected chi connectivity index (χ2v) is 5.23. The highest BCUT2D eigenvalue weighted by atomic mass is 16.5. The van der Waals surface area contributed by atoms with Gasteiger partial charge in [-0.3, -0.25) is 0 Å². The van der Waals surface area contributed by atoms with Crippen LogP contribution in [-0.2, 0) is 11.3 Å². The number of hydrogen-bond acceptors (Lipinski definition) is 4. The van der Waals surface area contributed by atoms with Crippen LogP contribution in [0.5, 0.6) is 5.88 Å². The lowest BCUT2D eigenvalue weighted by Gasteiger charge is -2.19. The molecule has 0 aromatic carbocycles. The van der Waals surface area contributed by atoms with Gasteiger partial charge in [0.15, 0.2) is 0 Å². The Morgan fingerprint density at radius 2 is 1.94 bits per heavy atom. The van der Waals surface area contributed by atoms with Crippen LogP contribution < -0.4 is 10.1 Å². The summed E-state index contributed by atoms with van der Waals surface area (Å²) >= 11 is 0. The molecule has 0 saturated heterocycles. The maximum atomic E-state index is 5.58. The molecule has 1 aromatic heterocycles. The van der Waals surface area contributed by atoms with E-state index in [4.69, 9.17) is 9.47 Å². The van der Waals surface area contributed by atoms with Crippen molar-refractivity contribution in [2.45, 2.75) is 39.8 Å². The molecular weight excluding hydrogens is 228 g/mol. The van der Waals surface area contributed by atoms with E-state index in [0.717, 1.165) is 12.2 Å². The molecule has 102 valence electrons. The van der Waals surface area contributed by atoms with Gasteiger partial charge in [-0.1, -0.05) is 6.07 Å². The predicted molar refractivity (Wildman–Crippen MR) is 72.9 cm³/mol. The Morgan fingerprint density at radius 3 is 2.50 bits per heavy atom. The Morgan fingerprint density at radius 1 is 1.22 bits per heavy atom. The van der Waals surface area contributed by atoms with Gasteiger partial charge in [-0.15, -0.1) is 0 Å². The number of ether oxygens (including phenoxy) is 2. The summed E-state index contributed by atoms with van der Waals surface area (Å²) in [4.78, 5) is 4.41. The van der Waals surface area contributed by atoms with Crippen LogP contribution in [0.15, 0.2) is 12.1 Å². The maximum Gasteiger partial charge on any atom is 0.213 e. The van der Waals surface area contributed by atoms with Crippen LogP contribution >= 0.6 is 0 Å². The third-order valence-corrected chi connectivity index (χ3v) is 2.41. The van der Waals surface area contributed by atoms with E-state index in [1.807, 2.05) is 46.9 Å². The van der Waals surface area contributed by atoms with Crippen molar-refractivity contribution in [3.63, 3.8) is 0 Å². The number of nitrogens with zero attached hydrogens (tertiary/aromatic N) is 1. The monoisotopic (exact) mass is 252 g/mol. The fraction of sp³-hybridized carbons (Fsp3) is 0.643. The summed E-state index contributed by atoms with van der Waals surface area (Å²) < 4.78 is 11.1. The zero-order chi connectivity index (χ0) is 13.6. The van der Waals surface area contributed by atoms with Gasteiger partial charge in [-0.25, -0.2) is 4.98 Å². The van der Waals surface area contributed by atoms with Crippen molar-refractivity contribution in [2.24, 2.45) is 0 Å². The van der Waals surface area contributed by atoms with E-state index in [9.17, 15) is 0 Å². The van der Waals surface area contributed by atoms with E-state index >= 15 is 0 Å². The third-order valence-electron chi connectivity index (χ3n) is 2.41. The molecule has 0 spiro atoms. The van der Waals surface area contributed by atoms with Crippen LogP contribution in [0, 0.1) is 6.92 Å². The molecule has 0 atom stereocenters. The van der Waals surface area contributed by atoms with E-state index in [0.29, 0.717) is 19.1 Å². The second kappa shape index (κ2) is 6.71. The van der Waals surface area contributed by atoms with Crippen molar-refractivity contribution in [2.75, 3.05) is 20.3 Å². The number of rotatable bonds is 6. The van der Waals surface area contributed by atoms with E-state index in [2.05, 4.69) is 10.3 Å². The zero-order valence-electron chi connectivity index (χ0n) is 12.0. The summed E-state index contributed by atoms with van der Waals surface area (Å²) in [7, 11) is 1.92. The summed E-state index contributed by atoms with van der Waals surface area (Å²) in [6.07, 6.45) is 0. The molecule has 0 amide bonds. The molecular formula is C14H24N2O2. The standard InChI is InChI=1S/C14H24N2O2/c1-11-12(10-15-5)6-7-13(16-11)17-8-9-18-14(2,3)4/h6-7,15H,8-10H2,1-5H3. The molecule has 0 unspecified atom stereocenters. The maximum absolute atomic E-state index is 5.58. The van der Waals surface area contributed by atoms with Crippen LogP contribution in [-0.4, -0.2) is 30.8 Å². The molecule has 0 aliphatic heterocycles. The molecule has 1 aromatic rings. The van der Waals surface area contributed by atoms with Crippen molar-refractivity contribution in [1.29, 1.82) is 0 Å². The molecule has 0 aliphatic carbocycles. The molecule has 0 radical (unpaired) electrons. The fourth-order valence-corrected chi connectivity index (χ4v) is 1.52. The number of hydrogen-bond donors (Lipinski definition) is 1. The summed E-state index contributed by atoms with van der Waals surface area (Å²) in [6, 6.07) is 3.94. The van der Waals surface area contributed by atoms with Gasteiger partial charge in [-0.05, 0) is 40.3 Å². The highest BCUT2D eigenvalue weighted by molar-refractivity contribution is 5.24. The van der Waals surface area contributed by atoms with Crippen molar-refractivity contribution in [3.8, 4) is 5.88 Å². The second-order valence-electron chi connectivity index (χ2n) is 5.23. The van der Waals surface area contributed by atoms with Gasteiger partial charge in [-0.2, -0.15) is 0 Å². The lowest BCUT2D eigenvalue weighted by Crippen LogP contribution is -2.22. The molecule has 1 N–H and O–H groups in total. The van der Waals surface area contributed by atoms with Crippen molar-refractivity contribution in [3.05, 3.63) is 23.4 Å².